The molecule has 2 aliphatic rings. The van der Waals surface area contributed by atoms with Crippen molar-refractivity contribution in [1.29, 1.82) is 0 Å². The van der Waals surface area contributed by atoms with E-state index < -0.39 is 0 Å². The Balaban J connectivity index is 1.33. The number of urea groups is 1. The van der Waals surface area contributed by atoms with Gasteiger partial charge in [-0.15, -0.1) is 0 Å². The topological polar surface area (TPSA) is 79.9 Å². The van der Waals surface area contributed by atoms with Crippen molar-refractivity contribution < 1.29 is 19.1 Å². The zero-order valence-corrected chi connectivity index (χ0v) is 15.0. The van der Waals surface area contributed by atoms with E-state index in [-0.39, 0.29) is 24.6 Å². The van der Waals surface area contributed by atoms with Crippen LogP contribution < -0.4 is 25.0 Å². The Bertz CT molecular complexity index is 883. The van der Waals surface area contributed by atoms with E-state index in [2.05, 4.69) is 10.6 Å². The van der Waals surface area contributed by atoms with Crippen molar-refractivity contribution in [2.45, 2.75) is 13.3 Å². The molecule has 0 aromatic heterocycles. The fourth-order valence-corrected chi connectivity index (χ4v) is 3.34. The molecule has 2 N–H and O–H groups in total. The van der Waals surface area contributed by atoms with Gasteiger partial charge < -0.3 is 25.0 Å². The highest BCUT2D eigenvalue weighted by molar-refractivity contribution is 5.96. The van der Waals surface area contributed by atoms with Gasteiger partial charge in [-0.1, -0.05) is 18.2 Å². The van der Waals surface area contributed by atoms with Gasteiger partial charge in [-0.2, -0.15) is 0 Å². The molecule has 0 aliphatic carbocycles. The van der Waals surface area contributed by atoms with E-state index in [4.69, 9.17) is 9.47 Å². The molecule has 0 saturated carbocycles. The van der Waals surface area contributed by atoms with Crippen LogP contribution in [0, 0.1) is 12.8 Å². The van der Waals surface area contributed by atoms with E-state index in [1.807, 2.05) is 49.4 Å². The minimum Gasteiger partial charge on any atom is -0.454 e. The van der Waals surface area contributed by atoms with Crippen LogP contribution >= 0.6 is 0 Å². The summed E-state index contributed by atoms with van der Waals surface area (Å²) in [6, 6.07) is 12.8. The monoisotopic (exact) mass is 367 g/mol. The maximum Gasteiger partial charge on any atom is 0.319 e. The van der Waals surface area contributed by atoms with Crippen LogP contribution in [0.3, 0.4) is 0 Å². The van der Waals surface area contributed by atoms with Crippen molar-refractivity contribution in [2.24, 2.45) is 5.92 Å². The molecule has 2 aliphatic heterocycles. The van der Waals surface area contributed by atoms with E-state index >= 15 is 0 Å². The SMILES string of the molecule is Cc1ccccc1NC(=O)NCC1CC(=O)N(c2ccc3c(c2)OCO3)C1. The first kappa shape index (κ1) is 17.2. The van der Waals surface area contributed by atoms with Crippen LogP contribution in [0.2, 0.25) is 0 Å². The van der Waals surface area contributed by atoms with Crippen LogP contribution in [0.25, 0.3) is 0 Å². The third-order valence-corrected chi connectivity index (χ3v) is 4.82. The Labute approximate surface area is 157 Å². The molecule has 2 aromatic carbocycles. The minimum atomic E-state index is -0.265. The second kappa shape index (κ2) is 7.19. The number of anilines is 2. The second-order valence-electron chi connectivity index (χ2n) is 6.76. The molecule has 4 rings (SSSR count). The lowest BCUT2D eigenvalue weighted by Gasteiger charge is -2.17. The van der Waals surface area contributed by atoms with Crippen molar-refractivity contribution in [3.8, 4) is 11.5 Å². The fourth-order valence-electron chi connectivity index (χ4n) is 3.34. The van der Waals surface area contributed by atoms with Gasteiger partial charge in [0.2, 0.25) is 12.7 Å². The van der Waals surface area contributed by atoms with Crippen molar-refractivity contribution >= 4 is 23.3 Å². The summed E-state index contributed by atoms with van der Waals surface area (Å²) in [5, 5.41) is 5.70. The quantitative estimate of drug-likeness (QED) is 0.871. The highest BCUT2D eigenvalue weighted by Gasteiger charge is 2.31. The van der Waals surface area contributed by atoms with Gasteiger partial charge in [-0.05, 0) is 30.7 Å². The van der Waals surface area contributed by atoms with E-state index in [0.29, 0.717) is 31.0 Å². The highest BCUT2D eigenvalue weighted by Crippen LogP contribution is 2.37. The van der Waals surface area contributed by atoms with Crippen LogP contribution in [0.1, 0.15) is 12.0 Å². The standard InChI is InChI=1S/C20H21N3O4/c1-13-4-2-3-5-16(13)22-20(25)21-10-14-8-19(24)23(11-14)15-6-7-17-18(9-15)27-12-26-17/h2-7,9,14H,8,10-12H2,1H3,(H2,21,22,25). The molecule has 0 bridgehead atoms. The summed E-state index contributed by atoms with van der Waals surface area (Å²) in [5.74, 6) is 1.45. The maximum atomic E-state index is 12.4. The van der Waals surface area contributed by atoms with Gasteiger partial charge in [-0.25, -0.2) is 4.79 Å². The molecule has 0 radical (unpaired) electrons. The van der Waals surface area contributed by atoms with Crippen LogP contribution in [0.4, 0.5) is 16.2 Å². The number of nitrogens with zero attached hydrogens (tertiary/aromatic N) is 1. The van der Waals surface area contributed by atoms with Gasteiger partial charge in [0.05, 0.1) is 0 Å². The predicted octanol–water partition coefficient (Wildman–Crippen LogP) is 2.90. The number of hydrogen-bond donors (Lipinski definition) is 2. The third kappa shape index (κ3) is 3.67. The van der Waals surface area contributed by atoms with E-state index in [9.17, 15) is 9.59 Å². The Morgan fingerprint density at radius 3 is 2.85 bits per heavy atom. The van der Waals surface area contributed by atoms with E-state index in [1.165, 1.54) is 0 Å². The molecule has 2 aromatic rings. The molecular formula is C20H21N3O4. The Hall–Kier alpha value is -3.22. The van der Waals surface area contributed by atoms with Gasteiger partial charge in [0.25, 0.3) is 0 Å². The Morgan fingerprint density at radius 2 is 2.00 bits per heavy atom. The van der Waals surface area contributed by atoms with Crippen LogP contribution in [-0.4, -0.2) is 31.8 Å². The molecule has 7 nitrogen and oxygen atoms in total. The number of para-hydroxylation sites is 1. The number of benzene rings is 2. The second-order valence-corrected chi connectivity index (χ2v) is 6.76. The highest BCUT2D eigenvalue weighted by atomic mass is 16.7. The molecule has 1 atom stereocenters. The molecule has 1 fully saturated rings. The number of amides is 3. The summed E-state index contributed by atoms with van der Waals surface area (Å²) < 4.78 is 10.7. The third-order valence-electron chi connectivity index (χ3n) is 4.82. The van der Waals surface area contributed by atoms with Gasteiger partial charge in [0.15, 0.2) is 11.5 Å². The molecule has 3 amide bonds. The van der Waals surface area contributed by atoms with Gasteiger partial charge in [0.1, 0.15) is 0 Å². The smallest absolute Gasteiger partial charge is 0.319 e. The first-order chi connectivity index (χ1) is 13.1. The van der Waals surface area contributed by atoms with Crippen molar-refractivity contribution in [3.05, 3.63) is 48.0 Å². The summed E-state index contributed by atoms with van der Waals surface area (Å²) in [6.07, 6.45) is 0.402. The summed E-state index contributed by atoms with van der Waals surface area (Å²) >= 11 is 0. The number of aryl methyl sites for hydroxylation is 1. The molecule has 7 heteroatoms. The van der Waals surface area contributed by atoms with Crippen LogP contribution in [0.5, 0.6) is 11.5 Å². The molecule has 27 heavy (non-hydrogen) atoms. The van der Waals surface area contributed by atoms with Crippen molar-refractivity contribution in [3.63, 3.8) is 0 Å². The lowest BCUT2D eigenvalue weighted by atomic mass is 10.1. The number of nitrogens with one attached hydrogen (secondary N) is 2. The predicted molar refractivity (Wildman–Crippen MR) is 101 cm³/mol. The summed E-state index contributed by atoms with van der Waals surface area (Å²) in [6.45, 7) is 3.14. The molecular weight excluding hydrogens is 346 g/mol. The average Bonchev–Trinajstić information content (AvgIpc) is 3.27. The van der Waals surface area contributed by atoms with E-state index in [0.717, 1.165) is 16.9 Å². The van der Waals surface area contributed by atoms with Crippen molar-refractivity contribution in [2.75, 3.05) is 30.1 Å². The average molecular weight is 367 g/mol. The fraction of sp³-hybridized carbons (Fsp3) is 0.300. The number of ether oxygens (including phenoxy) is 2. The lowest BCUT2D eigenvalue weighted by molar-refractivity contribution is -0.117. The van der Waals surface area contributed by atoms with Crippen LogP contribution in [0.15, 0.2) is 42.5 Å². The number of carbonyl (C=O) groups excluding carboxylic acids is 2. The Morgan fingerprint density at radius 1 is 1.19 bits per heavy atom. The van der Waals surface area contributed by atoms with Crippen LogP contribution in [-0.2, 0) is 4.79 Å². The van der Waals surface area contributed by atoms with Gasteiger partial charge in [0, 0.05) is 42.9 Å². The summed E-state index contributed by atoms with van der Waals surface area (Å²) in [7, 11) is 0. The maximum absolute atomic E-state index is 12.4. The first-order valence-electron chi connectivity index (χ1n) is 8.90. The first-order valence-corrected chi connectivity index (χ1v) is 8.90. The molecule has 0 spiro atoms. The number of fused-ring (bicyclic) bond motifs is 1. The molecule has 140 valence electrons. The Kier molecular flexibility index (Phi) is 4.58. The minimum absolute atomic E-state index is 0.0416. The zero-order chi connectivity index (χ0) is 18.8. The van der Waals surface area contributed by atoms with Crippen molar-refractivity contribution in [1.82, 2.24) is 5.32 Å². The summed E-state index contributed by atoms with van der Waals surface area (Å²) in [4.78, 5) is 26.3. The normalized spacial score (nSPS) is 17.9. The summed E-state index contributed by atoms with van der Waals surface area (Å²) in [5.41, 5.74) is 2.56. The number of rotatable bonds is 4. The molecule has 1 unspecified atom stereocenters. The van der Waals surface area contributed by atoms with E-state index in [1.54, 1.807) is 4.90 Å². The number of carbonyl (C=O) groups is 2. The molecule has 2 heterocycles. The number of hydrogen-bond acceptors (Lipinski definition) is 4. The van der Waals surface area contributed by atoms with Gasteiger partial charge in [-0.3, -0.25) is 4.79 Å². The lowest BCUT2D eigenvalue weighted by Crippen LogP contribution is -2.34. The van der Waals surface area contributed by atoms with Gasteiger partial charge >= 0.3 is 6.03 Å². The zero-order valence-electron chi connectivity index (χ0n) is 15.0. The molecule has 1 saturated heterocycles. The largest absolute Gasteiger partial charge is 0.454 e.